The van der Waals surface area contributed by atoms with Gasteiger partial charge in [0.1, 0.15) is 11.3 Å². The number of nitrogens with zero attached hydrogens (tertiary/aromatic N) is 1. The van der Waals surface area contributed by atoms with Crippen LogP contribution in [0.1, 0.15) is 37.8 Å². The van der Waals surface area contributed by atoms with Gasteiger partial charge in [0.25, 0.3) is 0 Å². The number of hydrogen-bond acceptors (Lipinski definition) is 5. The Kier molecular flexibility index (Phi) is 7.06. The summed E-state index contributed by atoms with van der Waals surface area (Å²) in [4.78, 5) is 26.6. The lowest BCUT2D eigenvalue weighted by Gasteiger charge is -2.30. The molecule has 1 aliphatic heterocycles. The van der Waals surface area contributed by atoms with Gasteiger partial charge in [-0.1, -0.05) is 30.3 Å². The third kappa shape index (κ3) is 4.58. The molecule has 1 saturated heterocycles. The fraction of sp³-hybridized carbons (Fsp3) is 0.357. The van der Waals surface area contributed by atoms with Crippen LogP contribution in [-0.2, 0) is 14.3 Å². The van der Waals surface area contributed by atoms with Crippen molar-refractivity contribution in [1.82, 2.24) is 4.90 Å². The van der Waals surface area contributed by atoms with Crippen LogP contribution in [0.15, 0.2) is 53.2 Å². The number of carbonyl (C=O) groups excluding carboxylic acids is 2. The van der Waals surface area contributed by atoms with Crippen LogP contribution in [0.25, 0.3) is 27.7 Å². The molecule has 0 N–H and O–H groups in total. The van der Waals surface area contributed by atoms with Gasteiger partial charge in [0.05, 0.1) is 25.9 Å². The van der Waals surface area contributed by atoms with E-state index < -0.39 is 0 Å². The standard InChI is InChI=1S/C28H31NO5/c1-5-33-26-19(3)27-23(24(17-34-27)20-9-7-6-8-10-20)16-22(26)18(2)15-25(30)29-13-11-21(12-14-29)28(31)32-4/h6-10,15-17,21H,5,11-14H2,1-4H3/b18-15+. The van der Waals surface area contributed by atoms with Gasteiger partial charge in [-0.2, -0.15) is 0 Å². The predicted octanol–water partition coefficient (Wildman–Crippen LogP) is 5.62. The topological polar surface area (TPSA) is 69.0 Å². The molecule has 0 saturated carbocycles. The Morgan fingerprint density at radius 3 is 2.53 bits per heavy atom. The van der Waals surface area contributed by atoms with Crippen LogP contribution in [0.2, 0.25) is 0 Å². The number of hydrogen-bond donors (Lipinski definition) is 0. The molecule has 6 heteroatoms. The summed E-state index contributed by atoms with van der Waals surface area (Å²) in [5.74, 6) is 0.343. The van der Waals surface area contributed by atoms with E-state index in [1.807, 2.05) is 39.0 Å². The molecule has 1 amide bonds. The molecule has 0 spiro atoms. The molecule has 1 fully saturated rings. The molecule has 0 aliphatic carbocycles. The number of carbonyl (C=O) groups is 2. The third-order valence-electron chi connectivity index (χ3n) is 6.52. The van der Waals surface area contributed by atoms with Gasteiger partial charge in [-0.25, -0.2) is 0 Å². The van der Waals surface area contributed by atoms with Gasteiger partial charge >= 0.3 is 5.97 Å². The van der Waals surface area contributed by atoms with Gasteiger partial charge in [0.2, 0.25) is 5.91 Å². The molecular formula is C28H31NO5. The summed E-state index contributed by atoms with van der Waals surface area (Å²) in [6.07, 6.45) is 4.69. The Balaban J connectivity index is 1.68. The molecule has 34 heavy (non-hydrogen) atoms. The summed E-state index contributed by atoms with van der Waals surface area (Å²) in [5.41, 5.74) is 5.48. The zero-order chi connectivity index (χ0) is 24.2. The maximum atomic E-state index is 13.1. The lowest BCUT2D eigenvalue weighted by molar-refractivity contribution is -0.148. The summed E-state index contributed by atoms with van der Waals surface area (Å²) >= 11 is 0. The number of ether oxygens (including phenoxy) is 2. The van der Waals surface area contributed by atoms with Crippen molar-refractivity contribution in [3.05, 3.63) is 59.9 Å². The Morgan fingerprint density at radius 2 is 1.88 bits per heavy atom. The number of likely N-dealkylation sites (tertiary alicyclic amines) is 1. The van der Waals surface area contributed by atoms with Crippen LogP contribution >= 0.6 is 0 Å². The van der Waals surface area contributed by atoms with E-state index >= 15 is 0 Å². The zero-order valence-electron chi connectivity index (χ0n) is 20.2. The quantitative estimate of drug-likeness (QED) is 0.352. The van der Waals surface area contributed by atoms with Crippen molar-refractivity contribution < 1.29 is 23.5 Å². The first-order valence-electron chi connectivity index (χ1n) is 11.7. The number of piperidine rings is 1. The van der Waals surface area contributed by atoms with Crippen molar-refractivity contribution >= 4 is 28.4 Å². The molecule has 2 heterocycles. The van der Waals surface area contributed by atoms with Gasteiger partial charge in [0.15, 0.2) is 0 Å². The van der Waals surface area contributed by atoms with Gasteiger partial charge in [-0.15, -0.1) is 0 Å². The molecule has 6 nitrogen and oxygen atoms in total. The first-order valence-corrected chi connectivity index (χ1v) is 11.7. The number of esters is 1. The molecule has 4 rings (SSSR count). The monoisotopic (exact) mass is 461 g/mol. The van der Waals surface area contributed by atoms with E-state index in [2.05, 4.69) is 18.2 Å². The Hall–Kier alpha value is -3.54. The minimum absolute atomic E-state index is 0.0588. The minimum atomic E-state index is -0.196. The Morgan fingerprint density at radius 1 is 1.18 bits per heavy atom. The third-order valence-corrected chi connectivity index (χ3v) is 6.52. The number of amides is 1. The number of benzene rings is 2. The highest BCUT2D eigenvalue weighted by Crippen LogP contribution is 2.40. The number of furan rings is 1. The second-order valence-electron chi connectivity index (χ2n) is 8.65. The number of aryl methyl sites for hydroxylation is 1. The average Bonchev–Trinajstić information content (AvgIpc) is 3.30. The van der Waals surface area contributed by atoms with Crippen LogP contribution in [0, 0.1) is 12.8 Å². The van der Waals surface area contributed by atoms with Crippen molar-refractivity contribution in [2.75, 3.05) is 26.8 Å². The van der Waals surface area contributed by atoms with Crippen LogP contribution in [0.3, 0.4) is 0 Å². The van der Waals surface area contributed by atoms with Gasteiger partial charge in [-0.3, -0.25) is 9.59 Å². The molecule has 0 bridgehead atoms. The van der Waals surface area contributed by atoms with E-state index in [1.165, 1.54) is 7.11 Å². The zero-order valence-corrected chi connectivity index (χ0v) is 20.2. The summed E-state index contributed by atoms with van der Waals surface area (Å²) in [7, 11) is 1.41. The lowest BCUT2D eigenvalue weighted by atomic mass is 9.95. The summed E-state index contributed by atoms with van der Waals surface area (Å²) < 4.78 is 16.8. The highest BCUT2D eigenvalue weighted by molar-refractivity contribution is 6.01. The van der Waals surface area contributed by atoms with E-state index in [1.54, 1.807) is 17.2 Å². The van der Waals surface area contributed by atoms with Crippen LogP contribution < -0.4 is 4.74 Å². The van der Waals surface area contributed by atoms with E-state index in [-0.39, 0.29) is 17.8 Å². The maximum absolute atomic E-state index is 13.1. The molecule has 2 aromatic carbocycles. The average molecular weight is 462 g/mol. The first kappa shape index (κ1) is 23.6. The smallest absolute Gasteiger partial charge is 0.308 e. The van der Waals surface area contributed by atoms with Gasteiger partial charge in [-0.05, 0) is 50.8 Å². The van der Waals surface area contributed by atoms with Crippen molar-refractivity contribution in [1.29, 1.82) is 0 Å². The van der Waals surface area contributed by atoms with E-state index in [9.17, 15) is 9.59 Å². The van der Waals surface area contributed by atoms with Crippen LogP contribution in [0.5, 0.6) is 5.75 Å². The number of methoxy groups -OCH3 is 1. The largest absolute Gasteiger partial charge is 0.493 e. The molecule has 0 atom stereocenters. The number of allylic oxidation sites excluding steroid dienone is 1. The number of fused-ring (bicyclic) bond motifs is 1. The summed E-state index contributed by atoms with van der Waals surface area (Å²) in [6.45, 7) is 7.46. The summed E-state index contributed by atoms with van der Waals surface area (Å²) in [6, 6.07) is 12.2. The van der Waals surface area contributed by atoms with Crippen molar-refractivity contribution in [2.24, 2.45) is 5.92 Å². The normalized spacial score (nSPS) is 14.9. The second kappa shape index (κ2) is 10.2. The molecule has 1 aromatic heterocycles. The van der Waals surface area contributed by atoms with Crippen LogP contribution in [0.4, 0.5) is 0 Å². The highest BCUT2D eigenvalue weighted by atomic mass is 16.5. The molecule has 0 unspecified atom stereocenters. The predicted molar refractivity (Wildman–Crippen MR) is 133 cm³/mol. The SMILES string of the molecule is CCOc1c(/C(C)=C/C(=O)N2CCC(C(=O)OC)CC2)cc2c(-c3ccccc3)coc2c1C. The number of rotatable bonds is 6. The Bertz CT molecular complexity index is 1220. The van der Waals surface area contributed by atoms with Gasteiger partial charge in [0, 0.05) is 41.2 Å². The molecular weight excluding hydrogens is 430 g/mol. The summed E-state index contributed by atoms with van der Waals surface area (Å²) in [5, 5.41) is 0.987. The molecule has 0 radical (unpaired) electrons. The molecule has 1 aliphatic rings. The minimum Gasteiger partial charge on any atom is -0.493 e. The fourth-order valence-electron chi connectivity index (χ4n) is 4.64. The van der Waals surface area contributed by atoms with Crippen molar-refractivity contribution in [3.63, 3.8) is 0 Å². The van der Waals surface area contributed by atoms with E-state index in [0.29, 0.717) is 32.5 Å². The van der Waals surface area contributed by atoms with E-state index in [4.69, 9.17) is 13.9 Å². The lowest BCUT2D eigenvalue weighted by Crippen LogP contribution is -2.39. The van der Waals surface area contributed by atoms with Gasteiger partial charge < -0.3 is 18.8 Å². The van der Waals surface area contributed by atoms with E-state index in [0.717, 1.165) is 44.5 Å². The highest BCUT2D eigenvalue weighted by Gasteiger charge is 2.27. The maximum Gasteiger partial charge on any atom is 0.308 e. The fourth-order valence-corrected chi connectivity index (χ4v) is 4.64. The van der Waals surface area contributed by atoms with Crippen molar-refractivity contribution in [3.8, 4) is 16.9 Å². The molecule has 3 aromatic rings. The van der Waals surface area contributed by atoms with Crippen LogP contribution in [-0.4, -0.2) is 43.6 Å². The Labute approximate surface area is 200 Å². The van der Waals surface area contributed by atoms with Crippen molar-refractivity contribution in [2.45, 2.75) is 33.6 Å². The first-order chi connectivity index (χ1) is 16.4. The second-order valence-corrected chi connectivity index (χ2v) is 8.65. The molecule has 178 valence electrons.